The highest BCUT2D eigenvalue weighted by Gasteiger charge is 2.04. The summed E-state index contributed by atoms with van der Waals surface area (Å²) in [6.45, 7) is 5.87. The molecule has 0 atom stereocenters. The molecule has 0 saturated heterocycles. The van der Waals surface area contributed by atoms with Gasteiger partial charge >= 0.3 is 0 Å². The second-order valence-corrected chi connectivity index (χ2v) is 3.43. The number of carbonyl (C=O) groups excluding carboxylic acids is 1. The molecule has 1 aromatic carbocycles. The summed E-state index contributed by atoms with van der Waals surface area (Å²) < 4.78 is 5.53. The van der Waals surface area contributed by atoms with Crippen molar-refractivity contribution in [3.63, 3.8) is 0 Å². The molecule has 0 bridgehead atoms. The predicted molar refractivity (Wildman–Crippen MR) is 56.6 cm³/mol. The fourth-order valence-corrected chi connectivity index (χ4v) is 1.18. The summed E-state index contributed by atoms with van der Waals surface area (Å²) in [7, 11) is 0. The normalized spacial score (nSPS) is 10.0. The van der Waals surface area contributed by atoms with Crippen molar-refractivity contribution >= 4 is 12.1 Å². The lowest BCUT2D eigenvalue weighted by atomic mass is 10.2. The minimum Gasteiger partial charge on any atom is -0.489 e. The molecule has 0 radical (unpaired) electrons. The zero-order valence-electron chi connectivity index (χ0n) is 8.70. The Morgan fingerprint density at radius 2 is 2.14 bits per heavy atom. The maximum atomic E-state index is 10.4. The lowest BCUT2D eigenvalue weighted by molar-refractivity contribution is -0.105. The quantitative estimate of drug-likeness (QED) is 0.745. The predicted octanol–water partition coefficient (Wildman–Crippen LogP) is 2.35. The minimum absolute atomic E-state index is 0.102. The molecule has 1 amide bonds. The van der Waals surface area contributed by atoms with Gasteiger partial charge in [0.15, 0.2) is 0 Å². The molecular formula is C11H15NO2. The van der Waals surface area contributed by atoms with E-state index in [2.05, 4.69) is 5.32 Å². The molecule has 0 heterocycles. The van der Waals surface area contributed by atoms with Crippen LogP contribution in [0, 0.1) is 6.92 Å². The lowest BCUT2D eigenvalue weighted by Crippen LogP contribution is -2.08. The van der Waals surface area contributed by atoms with Crippen molar-refractivity contribution in [3.05, 3.63) is 23.8 Å². The molecule has 3 heteroatoms. The topological polar surface area (TPSA) is 38.3 Å². The third-order valence-corrected chi connectivity index (χ3v) is 1.71. The van der Waals surface area contributed by atoms with Crippen LogP contribution in [0.25, 0.3) is 0 Å². The van der Waals surface area contributed by atoms with Crippen molar-refractivity contribution in [1.29, 1.82) is 0 Å². The summed E-state index contributed by atoms with van der Waals surface area (Å²) in [5.41, 5.74) is 1.80. The fourth-order valence-electron chi connectivity index (χ4n) is 1.18. The van der Waals surface area contributed by atoms with Gasteiger partial charge in [-0.2, -0.15) is 0 Å². The van der Waals surface area contributed by atoms with Crippen LogP contribution in [0.3, 0.4) is 0 Å². The molecule has 0 fully saturated rings. The number of hydrogen-bond donors (Lipinski definition) is 1. The first-order valence-corrected chi connectivity index (χ1v) is 4.61. The van der Waals surface area contributed by atoms with Crippen LogP contribution < -0.4 is 10.1 Å². The number of aryl methyl sites for hydroxylation is 1. The number of carbonyl (C=O) groups is 1. The van der Waals surface area contributed by atoms with E-state index in [-0.39, 0.29) is 6.10 Å². The minimum atomic E-state index is 0.102. The van der Waals surface area contributed by atoms with Gasteiger partial charge in [-0.3, -0.25) is 4.79 Å². The van der Waals surface area contributed by atoms with Crippen molar-refractivity contribution in [1.82, 2.24) is 0 Å². The van der Waals surface area contributed by atoms with Crippen LogP contribution in [0.4, 0.5) is 5.69 Å². The molecule has 3 nitrogen and oxygen atoms in total. The number of anilines is 1. The number of ether oxygens (including phenoxy) is 1. The first kappa shape index (κ1) is 10.6. The first-order valence-electron chi connectivity index (χ1n) is 4.61. The highest BCUT2D eigenvalue weighted by atomic mass is 16.5. The largest absolute Gasteiger partial charge is 0.489 e. The van der Waals surface area contributed by atoms with Crippen molar-refractivity contribution in [2.75, 3.05) is 5.32 Å². The van der Waals surface area contributed by atoms with Crippen LogP contribution in [0.2, 0.25) is 0 Å². The van der Waals surface area contributed by atoms with E-state index in [4.69, 9.17) is 4.74 Å². The lowest BCUT2D eigenvalue weighted by Gasteiger charge is -2.13. The number of amides is 1. The zero-order chi connectivity index (χ0) is 10.6. The maximum Gasteiger partial charge on any atom is 0.211 e. The Kier molecular flexibility index (Phi) is 3.51. The fraction of sp³-hybridized carbons (Fsp3) is 0.364. The van der Waals surface area contributed by atoms with Gasteiger partial charge in [-0.25, -0.2) is 0 Å². The highest BCUT2D eigenvalue weighted by molar-refractivity contribution is 5.75. The SMILES string of the molecule is Cc1ccc(OC(C)C)c(NC=O)c1. The third-order valence-electron chi connectivity index (χ3n) is 1.71. The Hall–Kier alpha value is -1.51. The third kappa shape index (κ3) is 2.76. The number of hydrogen-bond acceptors (Lipinski definition) is 2. The summed E-state index contributed by atoms with van der Waals surface area (Å²) in [6.07, 6.45) is 0.756. The molecule has 0 aliphatic rings. The molecule has 76 valence electrons. The average molecular weight is 193 g/mol. The van der Waals surface area contributed by atoms with Crippen LogP contribution in [-0.2, 0) is 4.79 Å². The van der Waals surface area contributed by atoms with Crippen LogP contribution in [0.15, 0.2) is 18.2 Å². The zero-order valence-corrected chi connectivity index (χ0v) is 8.70. The van der Waals surface area contributed by atoms with Gasteiger partial charge in [0, 0.05) is 0 Å². The molecule has 0 unspecified atom stereocenters. The Bertz CT molecular complexity index is 321. The van der Waals surface area contributed by atoms with Crippen LogP contribution >= 0.6 is 0 Å². The van der Waals surface area contributed by atoms with Gasteiger partial charge in [0.25, 0.3) is 0 Å². The van der Waals surface area contributed by atoms with Gasteiger partial charge in [0.05, 0.1) is 11.8 Å². The smallest absolute Gasteiger partial charge is 0.211 e. The van der Waals surface area contributed by atoms with E-state index in [9.17, 15) is 4.79 Å². The van der Waals surface area contributed by atoms with Crippen molar-refractivity contribution in [2.24, 2.45) is 0 Å². The molecule has 0 aliphatic carbocycles. The molecule has 1 rings (SSSR count). The second kappa shape index (κ2) is 4.65. The van der Waals surface area contributed by atoms with Gasteiger partial charge in [-0.15, -0.1) is 0 Å². The van der Waals surface area contributed by atoms with E-state index < -0.39 is 0 Å². The Balaban J connectivity index is 2.95. The molecule has 1 N–H and O–H groups in total. The van der Waals surface area contributed by atoms with E-state index in [0.717, 1.165) is 5.56 Å². The monoisotopic (exact) mass is 193 g/mol. The van der Waals surface area contributed by atoms with Crippen LogP contribution in [0.1, 0.15) is 19.4 Å². The average Bonchev–Trinajstić information content (AvgIpc) is 2.09. The van der Waals surface area contributed by atoms with Gasteiger partial charge in [-0.1, -0.05) is 6.07 Å². The maximum absolute atomic E-state index is 10.4. The van der Waals surface area contributed by atoms with Crippen LogP contribution in [0.5, 0.6) is 5.75 Å². The van der Waals surface area contributed by atoms with E-state index in [1.165, 1.54) is 0 Å². The molecular weight excluding hydrogens is 178 g/mol. The van der Waals surface area contributed by atoms with E-state index in [1.54, 1.807) is 0 Å². The second-order valence-electron chi connectivity index (χ2n) is 3.43. The van der Waals surface area contributed by atoms with E-state index >= 15 is 0 Å². The molecule has 0 aliphatic heterocycles. The summed E-state index contributed by atoms with van der Waals surface area (Å²) in [5.74, 6) is 0.706. The van der Waals surface area contributed by atoms with Crippen molar-refractivity contribution < 1.29 is 9.53 Å². The molecule has 0 spiro atoms. The molecule has 14 heavy (non-hydrogen) atoms. The summed E-state index contributed by atoms with van der Waals surface area (Å²) in [5, 5.41) is 2.62. The van der Waals surface area contributed by atoms with Crippen molar-refractivity contribution in [3.8, 4) is 5.75 Å². The summed E-state index contributed by atoms with van der Waals surface area (Å²) in [6, 6.07) is 5.70. The number of nitrogens with one attached hydrogen (secondary N) is 1. The van der Waals surface area contributed by atoms with Crippen LogP contribution in [-0.4, -0.2) is 12.5 Å². The summed E-state index contributed by atoms with van der Waals surface area (Å²) in [4.78, 5) is 10.4. The number of benzene rings is 1. The van der Waals surface area contributed by atoms with Gasteiger partial charge in [0.2, 0.25) is 6.41 Å². The Morgan fingerprint density at radius 3 is 2.71 bits per heavy atom. The highest BCUT2D eigenvalue weighted by Crippen LogP contribution is 2.25. The van der Waals surface area contributed by atoms with E-state index in [1.807, 2.05) is 39.0 Å². The van der Waals surface area contributed by atoms with Gasteiger partial charge in [0.1, 0.15) is 5.75 Å². The first-order chi connectivity index (χ1) is 6.63. The molecule has 1 aromatic rings. The standard InChI is InChI=1S/C11H15NO2/c1-8(2)14-11-5-4-9(3)6-10(11)12-7-13/h4-8H,1-3H3,(H,12,13). The Labute approximate surface area is 84.1 Å². The molecule has 0 aromatic heterocycles. The Morgan fingerprint density at radius 1 is 1.43 bits per heavy atom. The summed E-state index contributed by atoms with van der Waals surface area (Å²) >= 11 is 0. The van der Waals surface area contributed by atoms with Gasteiger partial charge < -0.3 is 10.1 Å². The van der Waals surface area contributed by atoms with Crippen molar-refractivity contribution in [2.45, 2.75) is 26.9 Å². The van der Waals surface area contributed by atoms with E-state index in [0.29, 0.717) is 17.8 Å². The van der Waals surface area contributed by atoms with Gasteiger partial charge in [-0.05, 0) is 38.5 Å². The number of rotatable bonds is 4. The molecule has 0 saturated carbocycles.